The lowest BCUT2D eigenvalue weighted by Gasteiger charge is -2.25. The highest BCUT2D eigenvalue weighted by Crippen LogP contribution is 2.35. The second-order valence-corrected chi connectivity index (χ2v) is 3.69. The monoisotopic (exact) mass is 245 g/mol. The van der Waals surface area contributed by atoms with Crippen molar-refractivity contribution in [2.24, 2.45) is 0 Å². The van der Waals surface area contributed by atoms with Crippen molar-refractivity contribution in [3.8, 4) is 0 Å². The minimum atomic E-state index is -4.42. The van der Waals surface area contributed by atoms with Gasteiger partial charge in [0, 0.05) is 6.54 Å². The van der Waals surface area contributed by atoms with Gasteiger partial charge in [-0.3, -0.25) is 4.79 Å². The fourth-order valence-electron chi connectivity index (χ4n) is 1.73. The maximum atomic E-state index is 12.7. The fraction of sp³-hybridized carbons (Fsp3) is 0.364. The van der Waals surface area contributed by atoms with Crippen molar-refractivity contribution in [3.63, 3.8) is 0 Å². The van der Waals surface area contributed by atoms with E-state index in [-0.39, 0.29) is 24.6 Å². The molecule has 1 heterocycles. The van der Waals surface area contributed by atoms with E-state index < -0.39 is 17.8 Å². The molecule has 1 atom stereocenters. The first-order valence-electron chi connectivity index (χ1n) is 5.03. The zero-order chi connectivity index (χ0) is 12.5. The number of hydrogen-bond donors (Lipinski definition) is 1. The van der Waals surface area contributed by atoms with Gasteiger partial charge in [-0.25, -0.2) is 0 Å². The Morgan fingerprint density at radius 1 is 1.29 bits per heavy atom. The normalized spacial score (nSPS) is 21.1. The molecule has 6 heteroatoms. The van der Waals surface area contributed by atoms with Crippen LogP contribution in [-0.2, 0) is 15.7 Å². The molecule has 3 nitrogen and oxygen atoms in total. The molecule has 1 amide bonds. The number of morpholine rings is 1. The molecule has 17 heavy (non-hydrogen) atoms. The van der Waals surface area contributed by atoms with Crippen LogP contribution in [0.15, 0.2) is 24.3 Å². The van der Waals surface area contributed by atoms with Gasteiger partial charge in [0.05, 0.1) is 5.56 Å². The van der Waals surface area contributed by atoms with E-state index in [9.17, 15) is 18.0 Å². The lowest BCUT2D eigenvalue weighted by atomic mass is 10.0. The molecule has 1 aromatic rings. The second kappa shape index (κ2) is 4.37. The highest BCUT2D eigenvalue weighted by molar-refractivity contribution is 5.77. The number of alkyl halides is 3. The van der Waals surface area contributed by atoms with Crippen molar-refractivity contribution < 1.29 is 22.7 Å². The van der Waals surface area contributed by atoms with Crippen molar-refractivity contribution in [2.45, 2.75) is 12.3 Å². The lowest BCUT2D eigenvalue weighted by molar-refractivity contribution is -0.141. The Morgan fingerprint density at radius 2 is 2.00 bits per heavy atom. The van der Waals surface area contributed by atoms with Crippen LogP contribution >= 0.6 is 0 Å². The summed E-state index contributed by atoms with van der Waals surface area (Å²) in [4.78, 5) is 10.9. The molecule has 0 radical (unpaired) electrons. The van der Waals surface area contributed by atoms with Gasteiger partial charge in [0.1, 0.15) is 12.7 Å². The van der Waals surface area contributed by atoms with E-state index in [4.69, 9.17) is 4.74 Å². The number of halogens is 3. The van der Waals surface area contributed by atoms with Crippen LogP contribution in [0.2, 0.25) is 0 Å². The predicted octanol–water partition coefficient (Wildman–Crippen LogP) is 1.89. The molecule has 1 fully saturated rings. The molecule has 1 aliphatic heterocycles. The Kier molecular flexibility index (Phi) is 3.06. The van der Waals surface area contributed by atoms with E-state index >= 15 is 0 Å². The standard InChI is InChI=1S/C11H10F3NO2/c12-11(13,14)8-4-2-1-3-7(8)9-5-15-10(16)6-17-9/h1-4,9H,5-6H2,(H,15,16)/t9-/m1/s1. The summed E-state index contributed by atoms with van der Waals surface area (Å²) >= 11 is 0. The molecular weight excluding hydrogens is 235 g/mol. The minimum absolute atomic E-state index is 0.0556. The maximum Gasteiger partial charge on any atom is 0.416 e. The van der Waals surface area contributed by atoms with E-state index in [1.165, 1.54) is 18.2 Å². The molecule has 0 spiro atoms. The number of benzene rings is 1. The fourth-order valence-corrected chi connectivity index (χ4v) is 1.73. The van der Waals surface area contributed by atoms with Crippen molar-refractivity contribution >= 4 is 5.91 Å². The Bertz CT molecular complexity index is 421. The average Bonchev–Trinajstić information content (AvgIpc) is 2.29. The highest BCUT2D eigenvalue weighted by Gasteiger charge is 2.36. The van der Waals surface area contributed by atoms with E-state index in [0.717, 1.165) is 6.07 Å². The van der Waals surface area contributed by atoms with Gasteiger partial charge in [0.2, 0.25) is 5.91 Å². The molecular formula is C11H10F3NO2. The van der Waals surface area contributed by atoms with Crippen LogP contribution < -0.4 is 5.32 Å². The van der Waals surface area contributed by atoms with Crippen LogP contribution in [0.25, 0.3) is 0 Å². The molecule has 0 saturated carbocycles. The first-order valence-corrected chi connectivity index (χ1v) is 5.03. The average molecular weight is 245 g/mol. The largest absolute Gasteiger partial charge is 0.416 e. The van der Waals surface area contributed by atoms with Gasteiger partial charge >= 0.3 is 6.18 Å². The zero-order valence-electron chi connectivity index (χ0n) is 8.75. The lowest BCUT2D eigenvalue weighted by Crippen LogP contribution is -2.39. The molecule has 0 aliphatic carbocycles. The molecule has 0 unspecified atom stereocenters. The third-order valence-electron chi connectivity index (χ3n) is 2.51. The third-order valence-corrected chi connectivity index (χ3v) is 2.51. The summed E-state index contributed by atoms with van der Waals surface area (Å²) < 4.78 is 43.3. The summed E-state index contributed by atoms with van der Waals surface area (Å²) in [7, 11) is 0. The summed E-state index contributed by atoms with van der Waals surface area (Å²) in [5, 5.41) is 2.48. The van der Waals surface area contributed by atoms with Gasteiger partial charge in [-0.2, -0.15) is 13.2 Å². The molecule has 2 rings (SSSR count). The SMILES string of the molecule is O=C1CO[C@@H](c2ccccc2C(F)(F)F)CN1. The van der Waals surface area contributed by atoms with Gasteiger partial charge in [0.15, 0.2) is 0 Å². The summed E-state index contributed by atoms with van der Waals surface area (Å²) in [6.07, 6.45) is -5.16. The van der Waals surface area contributed by atoms with Gasteiger partial charge in [0.25, 0.3) is 0 Å². The van der Waals surface area contributed by atoms with Crippen LogP contribution in [0.3, 0.4) is 0 Å². The van der Waals surface area contributed by atoms with E-state index in [1.807, 2.05) is 0 Å². The predicted molar refractivity (Wildman–Crippen MR) is 53.1 cm³/mol. The van der Waals surface area contributed by atoms with Crippen molar-refractivity contribution in [2.75, 3.05) is 13.2 Å². The van der Waals surface area contributed by atoms with Gasteiger partial charge in [-0.05, 0) is 11.6 Å². The second-order valence-electron chi connectivity index (χ2n) is 3.69. The molecule has 1 N–H and O–H groups in total. The van der Waals surface area contributed by atoms with Gasteiger partial charge in [-0.1, -0.05) is 18.2 Å². The first kappa shape index (κ1) is 11.9. The Labute approximate surface area is 95.6 Å². The molecule has 92 valence electrons. The van der Waals surface area contributed by atoms with Crippen molar-refractivity contribution in [1.29, 1.82) is 0 Å². The molecule has 0 aromatic heterocycles. The molecule has 1 saturated heterocycles. The number of hydrogen-bond acceptors (Lipinski definition) is 2. The van der Waals surface area contributed by atoms with Crippen LogP contribution in [0.4, 0.5) is 13.2 Å². The van der Waals surface area contributed by atoms with E-state index in [1.54, 1.807) is 0 Å². The number of carbonyl (C=O) groups is 1. The number of amides is 1. The van der Waals surface area contributed by atoms with Crippen LogP contribution in [-0.4, -0.2) is 19.1 Å². The van der Waals surface area contributed by atoms with Crippen molar-refractivity contribution in [1.82, 2.24) is 5.32 Å². The van der Waals surface area contributed by atoms with Crippen LogP contribution in [0.5, 0.6) is 0 Å². The minimum Gasteiger partial charge on any atom is -0.362 e. The van der Waals surface area contributed by atoms with Crippen molar-refractivity contribution in [3.05, 3.63) is 35.4 Å². The summed E-state index contributed by atoms with van der Waals surface area (Å²) in [6.45, 7) is -0.150. The molecule has 1 aliphatic rings. The Balaban J connectivity index is 2.29. The number of ether oxygens (including phenoxy) is 1. The third kappa shape index (κ3) is 2.58. The van der Waals surface area contributed by atoms with E-state index in [0.29, 0.717) is 0 Å². The Hall–Kier alpha value is -1.56. The quantitative estimate of drug-likeness (QED) is 0.820. The number of carbonyl (C=O) groups excluding carboxylic acids is 1. The van der Waals surface area contributed by atoms with Crippen LogP contribution in [0, 0.1) is 0 Å². The smallest absolute Gasteiger partial charge is 0.362 e. The topological polar surface area (TPSA) is 38.3 Å². The molecule has 1 aromatic carbocycles. The summed E-state index contributed by atoms with van der Waals surface area (Å²) in [5.74, 6) is -0.314. The summed E-state index contributed by atoms with van der Waals surface area (Å²) in [6, 6.07) is 5.22. The van der Waals surface area contributed by atoms with Crippen LogP contribution in [0.1, 0.15) is 17.2 Å². The van der Waals surface area contributed by atoms with E-state index in [2.05, 4.69) is 5.32 Å². The molecule has 0 bridgehead atoms. The van der Waals surface area contributed by atoms with Gasteiger partial charge in [-0.15, -0.1) is 0 Å². The first-order chi connectivity index (χ1) is 7.98. The van der Waals surface area contributed by atoms with Gasteiger partial charge < -0.3 is 10.1 Å². The zero-order valence-corrected chi connectivity index (χ0v) is 8.75. The summed E-state index contributed by atoms with van der Waals surface area (Å²) in [5.41, 5.74) is -0.666. The Morgan fingerprint density at radius 3 is 2.59 bits per heavy atom. The number of nitrogens with one attached hydrogen (secondary N) is 1. The maximum absolute atomic E-state index is 12.7. The highest BCUT2D eigenvalue weighted by atomic mass is 19.4. The number of rotatable bonds is 1.